The normalized spacial score (nSPS) is 13.8. The van der Waals surface area contributed by atoms with Crippen molar-refractivity contribution in [1.29, 1.82) is 0 Å². The lowest BCUT2D eigenvalue weighted by Gasteiger charge is -2.14. The van der Waals surface area contributed by atoms with Gasteiger partial charge in [0.2, 0.25) is 5.69 Å². The van der Waals surface area contributed by atoms with Gasteiger partial charge in [-0.1, -0.05) is 0 Å². The first-order valence-electron chi connectivity index (χ1n) is 9.92. The molecule has 0 spiro atoms. The van der Waals surface area contributed by atoms with Gasteiger partial charge in [-0.3, -0.25) is 4.79 Å². The van der Waals surface area contributed by atoms with Gasteiger partial charge in [0.1, 0.15) is 15.5 Å². The third-order valence-corrected chi connectivity index (χ3v) is 6.46. The summed E-state index contributed by atoms with van der Waals surface area (Å²) >= 11 is 1.07. The minimum Gasteiger partial charge on any atom is -0.539 e. The second kappa shape index (κ2) is 7.73. The highest BCUT2D eigenvalue weighted by atomic mass is 32.1. The fourth-order valence-electron chi connectivity index (χ4n) is 3.84. The summed E-state index contributed by atoms with van der Waals surface area (Å²) in [5.74, 6) is -2.18. The Hall–Kier alpha value is -3.67. The number of anilines is 1. The van der Waals surface area contributed by atoms with Crippen LogP contribution in [0.25, 0.3) is 15.9 Å². The molecule has 0 bridgehead atoms. The predicted octanol–water partition coefficient (Wildman–Crippen LogP) is 3.23. The van der Waals surface area contributed by atoms with Gasteiger partial charge in [0.05, 0.1) is 11.0 Å². The van der Waals surface area contributed by atoms with Crippen molar-refractivity contribution >= 4 is 33.0 Å². The third kappa shape index (κ3) is 3.86. The van der Waals surface area contributed by atoms with E-state index in [1.54, 1.807) is 0 Å². The Labute approximate surface area is 188 Å². The Morgan fingerprint density at radius 2 is 1.94 bits per heavy atom. The fraction of sp³-hybridized carbons (Fsp3) is 0.238. The number of aromatic nitrogens is 3. The lowest BCUT2D eigenvalue weighted by molar-refractivity contribution is -0.672. The summed E-state index contributed by atoms with van der Waals surface area (Å²) in [7, 11) is 0. The molecule has 170 valence electrons. The predicted molar refractivity (Wildman–Crippen MR) is 108 cm³/mol. The molecule has 0 radical (unpaired) electrons. The molecule has 1 aliphatic rings. The molecule has 2 N–H and O–H groups in total. The van der Waals surface area contributed by atoms with Crippen LogP contribution in [-0.2, 0) is 12.8 Å². The molecule has 3 aromatic heterocycles. The first-order valence-corrected chi connectivity index (χ1v) is 10.7. The van der Waals surface area contributed by atoms with Gasteiger partial charge < -0.3 is 20.1 Å². The number of carbonyl (C=O) groups excluding carboxylic acids is 1. The standard InChI is InChI=1S/C21H15F3N4O4S/c22-21(23,24)31-12-7-5-11(6-8-12)28-16(20(30)32-27-28)17(29)18-15(25)13-9-10-3-1-2-4-14(10)26-19(13)33-18/h5-9H,1-4H2,(H2-,25,27,29,30). The number of pyridine rings is 1. The average molecular weight is 476 g/mol. The fourth-order valence-corrected chi connectivity index (χ4v) is 4.88. The van der Waals surface area contributed by atoms with E-state index in [1.807, 2.05) is 6.07 Å². The van der Waals surface area contributed by atoms with Crippen LogP contribution in [0.2, 0.25) is 0 Å². The van der Waals surface area contributed by atoms with Gasteiger partial charge in [-0.05, 0) is 54.1 Å². The summed E-state index contributed by atoms with van der Waals surface area (Å²) in [4.78, 5) is 18.7. The first kappa shape index (κ1) is 21.2. The van der Waals surface area contributed by atoms with Gasteiger partial charge >= 0.3 is 12.1 Å². The van der Waals surface area contributed by atoms with Crippen molar-refractivity contribution in [3.63, 3.8) is 0 Å². The van der Waals surface area contributed by atoms with Crippen molar-refractivity contribution in [3.05, 3.63) is 52.2 Å². The van der Waals surface area contributed by atoms with Crippen molar-refractivity contribution in [2.24, 2.45) is 0 Å². The summed E-state index contributed by atoms with van der Waals surface area (Å²) in [6.07, 6.45) is -0.996. The molecule has 0 amide bonds. The number of nitrogen functional groups attached to an aromatic ring is 1. The Morgan fingerprint density at radius 3 is 2.67 bits per heavy atom. The Morgan fingerprint density at radius 1 is 1.21 bits per heavy atom. The Bertz CT molecular complexity index is 1380. The van der Waals surface area contributed by atoms with E-state index in [-0.39, 0.29) is 16.3 Å². The van der Waals surface area contributed by atoms with Gasteiger partial charge in [-0.25, -0.2) is 4.98 Å². The maximum atomic E-state index is 13.3. The highest BCUT2D eigenvalue weighted by Gasteiger charge is 2.34. The average Bonchev–Trinajstić information content (AvgIpc) is 3.31. The molecule has 33 heavy (non-hydrogen) atoms. The summed E-state index contributed by atoms with van der Waals surface area (Å²) in [6.45, 7) is 0. The number of aryl methyl sites for hydroxylation is 2. The largest absolute Gasteiger partial charge is 0.573 e. The summed E-state index contributed by atoms with van der Waals surface area (Å²) in [5, 5.41) is 16.5. The van der Waals surface area contributed by atoms with Crippen LogP contribution in [0.1, 0.15) is 39.5 Å². The molecule has 8 nitrogen and oxygen atoms in total. The number of rotatable bonds is 4. The lowest BCUT2D eigenvalue weighted by Crippen LogP contribution is -2.39. The monoisotopic (exact) mass is 476 g/mol. The molecule has 1 aromatic carbocycles. The number of alkyl halides is 3. The number of benzene rings is 1. The number of ether oxygens (including phenoxy) is 1. The van der Waals surface area contributed by atoms with Gasteiger partial charge in [0.25, 0.3) is 5.78 Å². The van der Waals surface area contributed by atoms with Crippen LogP contribution in [-0.4, -0.2) is 22.4 Å². The zero-order valence-electron chi connectivity index (χ0n) is 16.8. The number of hydrogen-bond acceptors (Lipinski definition) is 8. The van der Waals surface area contributed by atoms with E-state index < -0.39 is 29.5 Å². The number of halogens is 3. The van der Waals surface area contributed by atoms with E-state index in [9.17, 15) is 23.1 Å². The molecular formula is C21H15F3N4O4S. The smallest absolute Gasteiger partial charge is 0.539 e. The maximum absolute atomic E-state index is 13.3. The van der Waals surface area contributed by atoms with E-state index in [2.05, 4.69) is 19.5 Å². The van der Waals surface area contributed by atoms with Crippen molar-refractivity contribution in [2.75, 3.05) is 5.73 Å². The molecule has 0 atom stereocenters. The summed E-state index contributed by atoms with van der Waals surface area (Å²) < 4.78 is 46.6. The van der Waals surface area contributed by atoms with Crippen LogP contribution in [0, 0.1) is 0 Å². The van der Waals surface area contributed by atoms with E-state index in [0.717, 1.165) is 65.1 Å². The van der Waals surface area contributed by atoms with Crippen LogP contribution in [0.5, 0.6) is 11.7 Å². The third-order valence-electron chi connectivity index (χ3n) is 5.35. The molecule has 0 saturated carbocycles. The van der Waals surface area contributed by atoms with E-state index in [4.69, 9.17) is 5.73 Å². The van der Waals surface area contributed by atoms with E-state index >= 15 is 0 Å². The molecule has 0 fully saturated rings. The number of fused-ring (bicyclic) bond motifs is 2. The lowest BCUT2D eigenvalue weighted by atomic mass is 9.95. The quantitative estimate of drug-likeness (QED) is 0.355. The topological polar surface area (TPSA) is 118 Å². The number of ketones is 1. The van der Waals surface area contributed by atoms with Crippen LogP contribution >= 0.6 is 11.3 Å². The number of nitrogens with two attached hydrogens (primary N) is 1. The second-order valence-corrected chi connectivity index (χ2v) is 8.49. The molecule has 0 saturated heterocycles. The number of carbonyl (C=O) groups is 1. The Balaban J connectivity index is 1.53. The second-order valence-electron chi connectivity index (χ2n) is 7.49. The SMILES string of the molecule is Nc1c(C(=O)c2c([O-])on[n+]2-c2ccc(OC(F)(F)F)cc2)sc2nc3c(cc12)CCCC3. The van der Waals surface area contributed by atoms with Crippen molar-refractivity contribution in [3.8, 4) is 17.4 Å². The molecule has 0 aliphatic heterocycles. The molecule has 3 heterocycles. The molecule has 12 heteroatoms. The number of hydrogen-bond donors (Lipinski definition) is 1. The van der Waals surface area contributed by atoms with E-state index in [1.165, 1.54) is 12.1 Å². The summed E-state index contributed by atoms with van der Waals surface area (Å²) in [5.41, 5.74) is 8.26. The highest BCUT2D eigenvalue weighted by Crippen LogP contribution is 2.37. The first-order chi connectivity index (χ1) is 15.7. The molecule has 5 rings (SSSR count). The minimum absolute atomic E-state index is 0.117. The van der Waals surface area contributed by atoms with Gasteiger partial charge in [-0.15, -0.1) is 24.5 Å². The maximum Gasteiger partial charge on any atom is 0.573 e. The molecule has 4 aromatic rings. The van der Waals surface area contributed by atoms with Gasteiger partial charge in [0, 0.05) is 23.2 Å². The number of nitrogens with zero attached hydrogens (tertiary/aromatic N) is 3. The highest BCUT2D eigenvalue weighted by molar-refractivity contribution is 7.21. The number of thiophene rings is 1. The molecule has 0 unspecified atom stereocenters. The zero-order chi connectivity index (χ0) is 23.3. The minimum atomic E-state index is -4.85. The van der Waals surface area contributed by atoms with Crippen LogP contribution < -0.4 is 20.3 Å². The van der Waals surface area contributed by atoms with Gasteiger partial charge in [-0.2, -0.15) is 0 Å². The van der Waals surface area contributed by atoms with E-state index in [0.29, 0.717) is 10.2 Å². The molecule has 1 aliphatic carbocycles. The van der Waals surface area contributed by atoms with Crippen LogP contribution in [0.3, 0.4) is 0 Å². The van der Waals surface area contributed by atoms with Crippen molar-refractivity contribution < 1.29 is 37.0 Å². The van der Waals surface area contributed by atoms with Crippen LogP contribution in [0.4, 0.5) is 18.9 Å². The summed E-state index contributed by atoms with van der Waals surface area (Å²) in [6, 6.07) is 6.43. The van der Waals surface area contributed by atoms with Gasteiger partial charge in [0.15, 0.2) is 5.95 Å². The zero-order valence-corrected chi connectivity index (χ0v) is 17.6. The van der Waals surface area contributed by atoms with Crippen molar-refractivity contribution in [2.45, 2.75) is 32.0 Å². The van der Waals surface area contributed by atoms with Crippen LogP contribution in [0.15, 0.2) is 34.9 Å². The van der Waals surface area contributed by atoms with Crippen molar-refractivity contribution in [1.82, 2.24) is 10.3 Å². The molecular weight excluding hydrogens is 461 g/mol. The Kier molecular flexibility index (Phi) is 4.96.